The van der Waals surface area contributed by atoms with Crippen LogP contribution in [-0.4, -0.2) is 45.9 Å². The van der Waals surface area contributed by atoms with Crippen LogP contribution in [0.1, 0.15) is 22.0 Å². The lowest BCUT2D eigenvalue weighted by molar-refractivity contribution is -0.151. The number of carbonyl (C=O) groups is 2. The van der Waals surface area contributed by atoms with E-state index in [-0.39, 0.29) is 10.5 Å². The van der Waals surface area contributed by atoms with E-state index in [1.165, 1.54) is 45.5 Å². The number of hydrogen-bond acceptors (Lipinski definition) is 6. The van der Waals surface area contributed by atoms with Crippen molar-refractivity contribution < 1.29 is 27.5 Å². The summed E-state index contributed by atoms with van der Waals surface area (Å²) < 4.78 is 35.1. The minimum atomic E-state index is -3.60. The van der Waals surface area contributed by atoms with Crippen molar-refractivity contribution in [1.82, 2.24) is 4.31 Å². The van der Waals surface area contributed by atoms with Gasteiger partial charge in [0.15, 0.2) is 0 Å². The number of carbonyl (C=O) groups excluding carboxylic acids is 2. The number of ether oxygens (including phenoxy) is 2. The molecule has 0 fully saturated rings. The molecule has 138 valence electrons. The summed E-state index contributed by atoms with van der Waals surface area (Å²) >= 11 is 0. The molecule has 0 aliphatic heterocycles. The van der Waals surface area contributed by atoms with E-state index in [0.29, 0.717) is 5.56 Å². The van der Waals surface area contributed by atoms with Gasteiger partial charge in [-0.3, -0.25) is 0 Å². The van der Waals surface area contributed by atoms with Crippen molar-refractivity contribution in [2.45, 2.75) is 11.0 Å². The molecule has 8 heteroatoms. The number of nitrogens with zero attached hydrogens (tertiary/aromatic N) is 1. The third kappa shape index (κ3) is 4.27. The molecule has 0 amide bonds. The van der Waals surface area contributed by atoms with E-state index in [2.05, 4.69) is 0 Å². The van der Waals surface area contributed by atoms with Gasteiger partial charge in [-0.25, -0.2) is 22.3 Å². The maximum atomic E-state index is 12.4. The van der Waals surface area contributed by atoms with E-state index < -0.39 is 28.1 Å². The van der Waals surface area contributed by atoms with Crippen molar-refractivity contribution in [2.75, 3.05) is 21.2 Å². The Hall–Kier alpha value is -2.71. The third-order valence-corrected chi connectivity index (χ3v) is 5.44. The Morgan fingerprint density at radius 1 is 0.962 bits per heavy atom. The molecule has 2 aromatic rings. The van der Waals surface area contributed by atoms with Crippen LogP contribution in [-0.2, 0) is 24.3 Å². The second-order valence-corrected chi connectivity index (χ2v) is 7.68. The van der Waals surface area contributed by atoms with Gasteiger partial charge in [-0.15, -0.1) is 0 Å². The molecule has 2 rings (SSSR count). The molecule has 0 aromatic heterocycles. The maximum Gasteiger partial charge on any atom is 0.351 e. The standard InChI is InChI=1S/C18H19NO6S/c1-19(2)26(22,23)15-11-9-14(10-12-15)17(20)25-16(18(21)24-3)13-7-5-4-6-8-13/h4-12,16H,1-3H3/t16-/m1/s1. The minimum absolute atomic E-state index is 0.0478. The summed E-state index contributed by atoms with van der Waals surface area (Å²) in [6, 6.07) is 13.7. The first-order chi connectivity index (χ1) is 12.3. The zero-order chi connectivity index (χ0) is 19.3. The van der Waals surface area contributed by atoms with Crippen LogP contribution in [0.2, 0.25) is 0 Å². The van der Waals surface area contributed by atoms with E-state index in [1.54, 1.807) is 30.3 Å². The second-order valence-electron chi connectivity index (χ2n) is 5.53. The molecule has 0 aliphatic rings. The highest BCUT2D eigenvalue weighted by molar-refractivity contribution is 7.89. The van der Waals surface area contributed by atoms with Crippen LogP contribution >= 0.6 is 0 Å². The number of rotatable bonds is 6. The van der Waals surface area contributed by atoms with Gasteiger partial charge in [-0.1, -0.05) is 30.3 Å². The van der Waals surface area contributed by atoms with Crippen molar-refractivity contribution in [3.63, 3.8) is 0 Å². The lowest BCUT2D eigenvalue weighted by Gasteiger charge is -2.16. The van der Waals surface area contributed by atoms with Crippen LogP contribution < -0.4 is 0 Å². The van der Waals surface area contributed by atoms with Crippen LogP contribution in [0.4, 0.5) is 0 Å². The molecule has 0 heterocycles. The summed E-state index contributed by atoms with van der Waals surface area (Å²) in [6.45, 7) is 0. The Bertz CT molecular complexity index is 876. The van der Waals surface area contributed by atoms with Crippen molar-refractivity contribution >= 4 is 22.0 Å². The van der Waals surface area contributed by atoms with Crippen molar-refractivity contribution in [3.8, 4) is 0 Å². The molecule has 0 saturated heterocycles. The molecular formula is C18H19NO6S. The average molecular weight is 377 g/mol. The fourth-order valence-corrected chi connectivity index (χ4v) is 3.04. The van der Waals surface area contributed by atoms with E-state index in [0.717, 1.165) is 4.31 Å². The van der Waals surface area contributed by atoms with E-state index in [4.69, 9.17) is 9.47 Å². The van der Waals surface area contributed by atoms with E-state index in [9.17, 15) is 18.0 Å². The van der Waals surface area contributed by atoms with Crippen LogP contribution in [0.15, 0.2) is 59.5 Å². The Morgan fingerprint density at radius 3 is 2.04 bits per heavy atom. The predicted octanol–water partition coefficient (Wildman–Crippen LogP) is 2.01. The van der Waals surface area contributed by atoms with Crippen molar-refractivity contribution in [2.24, 2.45) is 0 Å². The monoisotopic (exact) mass is 377 g/mol. The van der Waals surface area contributed by atoms with Gasteiger partial charge in [0.2, 0.25) is 16.1 Å². The van der Waals surface area contributed by atoms with Gasteiger partial charge >= 0.3 is 11.9 Å². The number of esters is 2. The SMILES string of the molecule is COC(=O)[C@H](OC(=O)c1ccc(S(=O)(=O)N(C)C)cc1)c1ccccc1. The Kier molecular flexibility index (Phi) is 6.12. The molecule has 0 saturated carbocycles. The highest BCUT2D eigenvalue weighted by atomic mass is 32.2. The molecule has 0 N–H and O–H groups in total. The molecule has 0 spiro atoms. The molecule has 7 nitrogen and oxygen atoms in total. The minimum Gasteiger partial charge on any atom is -0.466 e. The second kappa shape index (κ2) is 8.11. The fraction of sp³-hybridized carbons (Fsp3) is 0.222. The summed E-state index contributed by atoms with van der Waals surface area (Å²) in [5.41, 5.74) is 0.590. The van der Waals surface area contributed by atoms with Crippen molar-refractivity contribution in [1.29, 1.82) is 0 Å². The average Bonchev–Trinajstić information content (AvgIpc) is 2.66. The van der Waals surface area contributed by atoms with Crippen LogP contribution in [0.3, 0.4) is 0 Å². The molecule has 26 heavy (non-hydrogen) atoms. The predicted molar refractivity (Wildman–Crippen MR) is 93.9 cm³/mol. The van der Waals surface area contributed by atoms with Gasteiger partial charge in [0.1, 0.15) is 0 Å². The summed E-state index contributed by atoms with van der Waals surface area (Å²) in [5.74, 6) is -1.48. The highest BCUT2D eigenvalue weighted by Gasteiger charge is 2.26. The quantitative estimate of drug-likeness (QED) is 0.716. The third-order valence-electron chi connectivity index (χ3n) is 3.61. The van der Waals surface area contributed by atoms with Gasteiger partial charge in [-0.05, 0) is 24.3 Å². The van der Waals surface area contributed by atoms with Crippen LogP contribution in [0, 0.1) is 0 Å². The molecule has 0 radical (unpaired) electrons. The van der Waals surface area contributed by atoms with E-state index in [1.807, 2.05) is 0 Å². The smallest absolute Gasteiger partial charge is 0.351 e. The molecule has 2 aromatic carbocycles. The first kappa shape index (κ1) is 19.6. The Morgan fingerprint density at radius 2 is 1.54 bits per heavy atom. The van der Waals surface area contributed by atoms with Gasteiger partial charge in [0, 0.05) is 19.7 Å². The Labute approximate surface area is 152 Å². The lowest BCUT2D eigenvalue weighted by Crippen LogP contribution is -2.23. The van der Waals surface area contributed by atoms with Gasteiger partial charge in [0.05, 0.1) is 17.6 Å². The normalized spacial score (nSPS) is 12.5. The highest BCUT2D eigenvalue weighted by Crippen LogP contribution is 2.21. The van der Waals surface area contributed by atoms with Crippen LogP contribution in [0.5, 0.6) is 0 Å². The summed E-state index contributed by atoms with van der Waals surface area (Å²) in [5, 5.41) is 0. The van der Waals surface area contributed by atoms with E-state index >= 15 is 0 Å². The number of benzene rings is 2. The summed E-state index contributed by atoms with van der Waals surface area (Å²) in [6.07, 6.45) is -1.21. The fourth-order valence-electron chi connectivity index (χ4n) is 2.14. The summed E-state index contributed by atoms with van der Waals surface area (Å²) in [4.78, 5) is 24.4. The summed E-state index contributed by atoms with van der Waals surface area (Å²) in [7, 11) is 0.436. The number of hydrogen-bond donors (Lipinski definition) is 0. The zero-order valence-electron chi connectivity index (χ0n) is 14.6. The first-order valence-corrected chi connectivity index (χ1v) is 9.07. The first-order valence-electron chi connectivity index (χ1n) is 7.63. The topological polar surface area (TPSA) is 90.0 Å². The van der Waals surface area contributed by atoms with Gasteiger partial charge in [0.25, 0.3) is 0 Å². The Balaban J connectivity index is 2.24. The van der Waals surface area contributed by atoms with Crippen molar-refractivity contribution in [3.05, 3.63) is 65.7 Å². The number of methoxy groups -OCH3 is 1. The molecule has 0 bridgehead atoms. The maximum absolute atomic E-state index is 12.4. The van der Waals surface area contributed by atoms with Gasteiger partial charge < -0.3 is 9.47 Å². The molecular weight excluding hydrogens is 358 g/mol. The number of sulfonamides is 1. The molecule has 0 unspecified atom stereocenters. The largest absolute Gasteiger partial charge is 0.466 e. The zero-order valence-corrected chi connectivity index (χ0v) is 15.4. The lowest BCUT2D eigenvalue weighted by atomic mass is 10.1. The van der Waals surface area contributed by atoms with Crippen LogP contribution in [0.25, 0.3) is 0 Å². The molecule has 0 aliphatic carbocycles. The van der Waals surface area contributed by atoms with Gasteiger partial charge in [-0.2, -0.15) is 0 Å². The molecule has 1 atom stereocenters.